The number of rotatable bonds is 5. The van der Waals surface area contributed by atoms with Crippen molar-refractivity contribution in [1.82, 2.24) is 4.57 Å². The van der Waals surface area contributed by atoms with E-state index >= 15 is 0 Å². The summed E-state index contributed by atoms with van der Waals surface area (Å²) in [5.74, 6) is -0.0397. The number of alkyl halides is 2. The summed E-state index contributed by atoms with van der Waals surface area (Å²) in [5.41, 5.74) is 1.16. The molecule has 0 aliphatic rings. The van der Waals surface area contributed by atoms with E-state index in [0.29, 0.717) is 32.2 Å². The van der Waals surface area contributed by atoms with E-state index in [1.54, 1.807) is 36.4 Å². The van der Waals surface area contributed by atoms with Crippen molar-refractivity contribution in [2.45, 2.75) is 6.61 Å². The zero-order valence-electron chi connectivity index (χ0n) is 14.8. The molecular formula is C21H13F2N3O2S. The predicted molar refractivity (Wildman–Crippen MR) is 108 cm³/mol. The van der Waals surface area contributed by atoms with Crippen LogP contribution in [0.3, 0.4) is 0 Å². The molecule has 0 spiro atoms. The van der Waals surface area contributed by atoms with E-state index in [1.807, 2.05) is 18.2 Å². The monoisotopic (exact) mass is 409 g/mol. The Kier molecular flexibility index (Phi) is 4.97. The van der Waals surface area contributed by atoms with Gasteiger partial charge in [-0.1, -0.05) is 30.3 Å². The van der Waals surface area contributed by atoms with Gasteiger partial charge in [-0.2, -0.15) is 14.0 Å². The van der Waals surface area contributed by atoms with Crippen LogP contribution in [0.4, 0.5) is 20.2 Å². The molecule has 0 fully saturated rings. The molecular weight excluding hydrogens is 396 g/mol. The van der Waals surface area contributed by atoms with Gasteiger partial charge < -0.3 is 10.1 Å². The highest BCUT2D eigenvalue weighted by Crippen LogP contribution is 2.39. The normalized spacial score (nSPS) is 10.8. The second-order valence-electron chi connectivity index (χ2n) is 5.98. The van der Waals surface area contributed by atoms with Crippen molar-refractivity contribution in [3.05, 3.63) is 82.0 Å². The highest BCUT2D eigenvalue weighted by atomic mass is 32.1. The quantitative estimate of drug-likeness (QED) is 0.488. The molecule has 0 radical (unpaired) electrons. The Morgan fingerprint density at radius 2 is 1.76 bits per heavy atom. The van der Waals surface area contributed by atoms with Crippen LogP contribution < -0.4 is 15.6 Å². The number of benzene rings is 2. The Bertz CT molecular complexity index is 1280. The first kappa shape index (κ1) is 18.7. The molecule has 0 aliphatic heterocycles. The van der Waals surface area contributed by atoms with Gasteiger partial charge in [0.25, 0.3) is 5.56 Å². The summed E-state index contributed by atoms with van der Waals surface area (Å²) in [6.45, 7) is -2.98. The van der Waals surface area contributed by atoms with E-state index in [4.69, 9.17) is 0 Å². The molecule has 5 nitrogen and oxygen atoms in total. The minimum atomic E-state index is -2.98. The van der Waals surface area contributed by atoms with Gasteiger partial charge in [0.2, 0.25) is 0 Å². The average molecular weight is 409 g/mol. The number of fused-ring (bicyclic) bond motifs is 1. The second kappa shape index (κ2) is 7.73. The molecule has 0 atom stereocenters. The first-order valence-electron chi connectivity index (χ1n) is 8.53. The summed E-state index contributed by atoms with van der Waals surface area (Å²) in [5, 5.41) is 13.3. The highest BCUT2D eigenvalue weighted by Gasteiger charge is 2.18. The SMILES string of the molecule is N#Cc1sc2c(ccc(=O)n2-c2ccccc2)c1Nc1ccccc1OC(F)F. The maximum Gasteiger partial charge on any atom is 0.387 e. The molecule has 0 saturated carbocycles. The maximum absolute atomic E-state index is 12.7. The Labute approximate surface area is 168 Å². The fourth-order valence-electron chi connectivity index (χ4n) is 3.01. The zero-order chi connectivity index (χ0) is 20.4. The smallest absolute Gasteiger partial charge is 0.387 e. The van der Waals surface area contributed by atoms with Crippen molar-refractivity contribution in [3.63, 3.8) is 0 Å². The van der Waals surface area contributed by atoms with Gasteiger partial charge in [-0.05, 0) is 30.3 Å². The number of pyridine rings is 1. The maximum atomic E-state index is 12.7. The Hall–Kier alpha value is -3.70. The molecule has 0 saturated heterocycles. The largest absolute Gasteiger partial charge is 0.433 e. The standard InChI is InChI=1S/C21H13F2N3O2S/c22-21(23)28-16-9-5-4-8-15(16)25-19-14-10-11-18(27)26(13-6-2-1-3-7-13)20(14)29-17(19)12-24/h1-11,21,25H. The third-order valence-electron chi connectivity index (χ3n) is 4.22. The number of para-hydroxylation sites is 3. The molecule has 144 valence electrons. The van der Waals surface area contributed by atoms with Crippen LogP contribution >= 0.6 is 11.3 Å². The van der Waals surface area contributed by atoms with Crippen molar-refractivity contribution in [1.29, 1.82) is 5.26 Å². The molecule has 0 amide bonds. The van der Waals surface area contributed by atoms with Crippen molar-refractivity contribution in [3.8, 4) is 17.5 Å². The third-order valence-corrected chi connectivity index (χ3v) is 5.32. The molecule has 29 heavy (non-hydrogen) atoms. The van der Waals surface area contributed by atoms with Gasteiger partial charge in [0, 0.05) is 11.5 Å². The Morgan fingerprint density at radius 3 is 2.48 bits per heavy atom. The lowest BCUT2D eigenvalue weighted by molar-refractivity contribution is -0.0493. The number of nitriles is 1. The molecule has 2 heterocycles. The molecule has 1 N–H and O–H groups in total. The lowest BCUT2D eigenvalue weighted by atomic mass is 10.2. The molecule has 2 aromatic carbocycles. The predicted octanol–water partition coefficient (Wildman–Crippen LogP) is 5.27. The van der Waals surface area contributed by atoms with E-state index in [-0.39, 0.29) is 11.3 Å². The summed E-state index contributed by atoms with van der Waals surface area (Å²) < 4.78 is 31.5. The molecule has 4 aromatic rings. The summed E-state index contributed by atoms with van der Waals surface area (Å²) in [6.07, 6.45) is 0. The minimum Gasteiger partial charge on any atom is -0.433 e. The van der Waals surface area contributed by atoms with Crippen LogP contribution in [0.2, 0.25) is 0 Å². The van der Waals surface area contributed by atoms with Gasteiger partial charge in [0.1, 0.15) is 21.5 Å². The van der Waals surface area contributed by atoms with E-state index in [2.05, 4.69) is 16.1 Å². The number of halogens is 2. The number of nitrogens with one attached hydrogen (secondary N) is 1. The number of ether oxygens (including phenoxy) is 1. The zero-order valence-corrected chi connectivity index (χ0v) is 15.6. The fraction of sp³-hybridized carbons (Fsp3) is 0.0476. The fourth-order valence-corrected chi connectivity index (χ4v) is 4.08. The lowest BCUT2D eigenvalue weighted by Gasteiger charge is -2.13. The Morgan fingerprint density at radius 1 is 1.03 bits per heavy atom. The molecule has 0 aliphatic carbocycles. The third kappa shape index (κ3) is 3.56. The van der Waals surface area contributed by atoms with Crippen LogP contribution in [0.15, 0.2) is 71.5 Å². The van der Waals surface area contributed by atoms with Crippen LogP contribution in [0.1, 0.15) is 4.88 Å². The van der Waals surface area contributed by atoms with Crippen LogP contribution in [0, 0.1) is 11.3 Å². The topological polar surface area (TPSA) is 67.0 Å². The van der Waals surface area contributed by atoms with Crippen molar-refractivity contribution in [2.24, 2.45) is 0 Å². The minimum absolute atomic E-state index is 0.0397. The van der Waals surface area contributed by atoms with E-state index < -0.39 is 6.61 Å². The van der Waals surface area contributed by atoms with E-state index in [0.717, 1.165) is 11.3 Å². The van der Waals surface area contributed by atoms with Crippen LogP contribution in [0.5, 0.6) is 5.75 Å². The van der Waals surface area contributed by atoms with E-state index in [1.165, 1.54) is 16.7 Å². The number of hydrogen-bond acceptors (Lipinski definition) is 5. The van der Waals surface area contributed by atoms with Crippen molar-refractivity contribution in [2.75, 3.05) is 5.32 Å². The highest BCUT2D eigenvalue weighted by molar-refractivity contribution is 7.20. The van der Waals surface area contributed by atoms with Crippen molar-refractivity contribution >= 4 is 32.9 Å². The summed E-state index contributed by atoms with van der Waals surface area (Å²) >= 11 is 1.15. The van der Waals surface area contributed by atoms with Gasteiger partial charge in [-0.15, -0.1) is 11.3 Å². The number of hydrogen-bond donors (Lipinski definition) is 1. The molecule has 0 bridgehead atoms. The first-order chi connectivity index (χ1) is 14.1. The molecule has 2 aromatic heterocycles. The van der Waals surface area contributed by atoms with Crippen LogP contribution in [0.25, 0.3) is 15.9 Å². The number of nitrogens with zero attached hydrogens (tertiary/aromatic N) is 2. The lowest BCUT2D eigenvalue weighted by Crippen LogP contribution is -2.16. The van der Waals surface area contributed by atoms with Gasteiger partial charge in [-0.3, -0.25) is 9.36 Å². The summed E-state index contributed by atoms with van der Waals surface area (Å²) in [6, 6.07) is 20.5. The Balaban J connectivity index is 1.89. The first-order valence-corrected chi connectivity index (χ1v) is 9.35. The van der Waals surface area contributed by atoms with Gasteiger partial charge in [0.05, 0.1) is 17.1 Å². The number of aromatic nitrogens is 1. The summed E-state index contributed by atoms with van der Waals surface area (Å²) in [7, 11) is 0. The average Bonchev–Trinajstić information content (AvgIpc) is 3.07. The number of anilines is 2. The molecule has 4 rings (SSSR count). The van der Waals surface area contributed by atoms with Gasteiger partial charge in [-0.25, -0.2) is 0 Å². The molecule has 8 heteroatoms. The van der Waals surface area contributed by atoms with Gasteiger partial charge >= 0.3 is 6.61 Å². The van der Waals surface area contributed by atoms with E-state index in [9.17, 15) is 18.8 Å². The second-order valence-corrected chi connectivity index (χ2v) is 6.98. The van der Waals surface area contributed by atoms with Crippen molar-refractivity contribution < 1.29 is 13.5 Å². The van der Waals surface area contributed by atoms with Gasteiger partial charge in [0.15, 0.2) is 0 Å². The van der Waals surface area contributed by atoms with Crippen LogP contribution in [-0.2, 0) is 0 Å². The number of thiophene rings is 1. The summed E-state index contributed by atoms with van der Waals surface area (Å²) in [4.78, 5) is 13.4. The van der Waals surface area contributed by atoms with Crippen LogP contribution in [-0.4, -0.2) is 11.2 Å². The molecule has 0 unspecified atom stereocenters.